The summed E-state index contributed by atoms with van der Waals surface area (Å²) in [6, 6.07) is 0. The Kier molecular flexibility index (Phi) is 2.20. The molecule has 2 N–H and O–H groups in total. The highest BCUT2D eigenvalue weighted by Gasteiger charge is 2.53. The third-order valence-electron chi connectivity index (χ3n) is 4.37. The first-order chi connectivity index (χ1) is 6.37. The van der Waals surface area contributed by atoms with E-state index in [-0.39, 0.29) is 16.7 Å². The van der Waals surface area contributed by atoms with Crippen molar-refractivity contribution in [2.75, 3.05) is 0 Å². The summed E-state index contributed by atoms with van der Waals surface area (Å²) in [5.74, 6) is 0. The fraction of sp³-hybridized carbons (Fsp3) is 1.00. The fourth-order valence-electron chi connectivity index (χ4n) is 2.95. The second-order valence-electron chi connectivity index (χ2n) is 6.14. The zero-order chi connectivity index (χ0) is 10.4. The lowest BCUT2D eigenvalue weighted by Gasteiger charge is -2.35. The molecule has 14 heavy (non-hydrogen) atoms. The van der Waals surface area contributed by atoms with Crippen LogP contribution in [-0.4, -0.2) is 16.7 Å². The molecule has 0 amide bonds. The largest absolute Gasteiger partial charge is 0.292 e. The molecule has 0 unspecified atom stereocenters. The van der Waals surface area contributed by atoms with Crippen LogP contribution in [0.5, 0.6) is 0 Å². The Morgan fingerprint density at radius 2 is 1.14 bits per heavy atom. The van der Waals surface area contributed by atoms with Gasteiger partial charge in [-0.2, -0.15) is 0 Å². The van der Waals surface area contributed by atoms with Crippen LogP contribution in [0, 0.1) is 0 Å². The summed E-state index contributed by atoms with van der Waals surface area (Å²) in [7, 11) is 0. The van der Waals surface area contributed by atoms with Crippen LogP contribution in [0.2, 0.25) is 0 Å². The molecule has 0 bridgehead atoms. The molecule has 0 atom stereocenters. The Morgan fingerprint density at radius 3 is 1.57 bits per heavy atom. The number of hydrogen-bond donors (Lipinski definition) is 2. The van der Waals surface area contributed by atoms with Crippen molar-refractivity contribution in [3.8, 4) is 0 Å². The van der Waals surface area contributed by atoms with Crippen LogP contribution in [0.3, 0.4) is 0 Å². The molecule has 1 spiro atoms. The lowest BCUT2D eigenvalue weighted by molar-refractivity contribution is 0.212. The van der Waals surface area contributed by atoms with Gasteiger partial charge in [0.1, 0.15) is 0 Å². The summed E-state index contributed by atoms with van der Waals surface area (Å²) in [6.07, 6.45) is 6.73. The van der Waals surface area contributed by atoms with Gasteiger partial charge in [0, 0.05) is 11.1 Å². The minimum Gasteiger partial charge on any atom is -0.292 e. The van der Waals surface area contributed by atoms with Crippen molar-refractivity contribution in [2.24, 2.45) is 0 Å². The van der Waals surface area contributed by atoms with E-state index < -0.39 is 0 Å². The summed E-state index contributed by atoms with van der Waals surface area (Å²) in [5.41, 5.74) is 0.639. The van der Waals surface area contributed by atoms with Crippen molar-refractivity contribution in [3.63, 3.8) is 0 Å². The lowest BCUT2D eigenvalue weighted by Crippen LogP contribution is -2.53. The van der Waals surface area contributed by atoms with Gasteiger partial charge in [-0.15, -0.1) is 0 Å². The molecule has 82 valence electrons. The Balaban J connectivity index is 2.18. The van der Waals surface area contributed by atoms with E-state index in [9.17, 15) is 0 Å². The van der Waals surface area contributed by atoms with Gasteiger partial charge in [-0.05, 0) is 40.5 Å². The van der Waals surface area contributed by atoms with E-state index in [4.69, 9.17) is 0 Å². The van der Waals surface area contributed by atoms with Gasteiger partial charge in [-0.1, -0.05) is 19.3 Å². The Labute approximate surface area is 87.8 Å². The van der Waals surface area contributed by atoms with E-state index in [1.165, 1.54) is 32.1 Å². The average molecular weight is 196 g/mol. The van der Waals surface area contributed by atoms with Gasteiger partial charge in [0.05, 0.1) is 5.66 Å². The van der Waals surface area contributed by atoms with Crippen molar-refractivity contribution in [1.29, 1.82) is 0 Å². The van der Waals surface area contributed by atoms with Crippen LogP contribution in [-0.2, 0) is 0 Å². The first-order valence-electron chi connectivity index (χ1n) is 5.96. The molecule has 2 fully saturated rings. The molecule has 2 nitrogen and oxygen atoms in total. The van der Waals surface area contributed by atoms with Gasteiger partial charge in [-0.25, -0.2) is 0 Å². The van der Waals surface area contributed by atoms with Crippen molar-refractivity contribution < 1.29 is 0 Å². The highest BCUT2D eigenvalue weighted by Crippen LogP contribution is 2.38. The van der Waals surface area contributed by atoms with E-state index in [1.54, 1.807) is 0 Å². The second-order valence-corrected chi connectivity index (χ2v) is 6.14. The summed E-state index contributed by atoms with van der Waals surface area (Å²) >= 11 is 0. The minimum absolute atomic E-state index is 0.199. The molecule has 1 saturated carbocycles. The van der Waals surface area contributed by atoms with Crippen LogP contribution in [0.25, 0.3) is 0 Å². The number of rotatable bonds is 0. The third kappa shape index (κ3) is 1.49. The molecule has 2 rings (SSSR count). The standard InChI is InChI=1S/C12H24N2/c1-10(2)11(3,4)14-12(13-10)8-6-5-7-9-12/h13-14H,5-9H2,1-4H3. The van der Waals surface area contributed by atoms with E-state index >= 15 is 0 Å². The fourth-order valence-corrected chi connectivity index (χ4v) is 2.95. The topological polar surface area (TPSA) is 24.1 Å². The highest BCUT2D eigenvalue weighted by atomic mass is 15.3. The van der Waals surface area contributed by atoms with E-state index in [2.05, 4.69) is 38.3 Å². The first kappa shape index (κ1) is 10.4. The van der Waals surface area contributed by atoms with Crippen LogP contribution in [0.15, 0.2) is 0 Å². The van der Waals surface area contributed by atoms with Crippen LogP contribution in [0.1, 0.15) is 59.8 Å². The summed E-state index contributed by atoms with van der Waals surface area (Å²) in [5, 5.41) is 7.65. The monoisotopic (exact) mass is 196 g/mol. The molecule has 0 aromatic heterocycles. The van der Waals surface area contributed by atoms with Crippen molar-refractivity contribution in [3.05, 3.63) is 0 Å². The van der Waals surface area contributed by atoms with E-state index in [0.717, 1.165) is 0 Å². The Bertz CT molecular complexity index is 206. The molecule has 0 aromatic rings. The molecule has 0 radical (unpaired) electrons. The molecule has 0 aromatic carbocycles. The van der Waals surface area contributed by atoms with Gasteiger partial charge in [0.2, 0.25) is 0 Å². The molecule has 1 heterocycles. The van der Waals surface area contributed by atoms with Crippen molar-refractivity contribution in [1.82, 2.24) is 10.6 Å². The SMILES string of the molecule is CC1(C)NC2(CCCCC2)NC1(C)C. The summed E-state index contributed by atoms with van der Waals surface area (Å²) < 4.78 is 0. The third-order valence-corrected chi connectivity index (χ3v) is 4.37. The average Bonchev–Trinajstić information content (AvgIpc) is 2.18. The molecule has 2 aliphatic rings. The van der Waals surface area contributed by atoms with Gasteiger partial charge < -0.3 is 0 Å². The maximum absolute atomic E-state index is 3.82. The van der Waals surface area contributed by atoms with E-state index in [1.807, 2.05) is 0 Å². The zero-order valence-electron chi connectivity index (χ0n) is 10.0. The highest BCUT2D eigenvalue weighted by molar-refractivity contribution is 5.14. The molecular weight excluding hydrogens is 172 g/mol. The second kappa shape index (κ2) is 2.96. The Hall–Kier alpha value is -0.0800. The van der Waals surface area contributed by atoms with Crippen LogP contribution < -0.4 is 10.6 Å². The molecule has 2 heteroatoms. The zero-order valence-corrected chi connectivity index (χ0v) is 10.0. The quantitative estimate of drug-likeness (QED) is 0.621. The van der Waals surface area contributed by atoms with Crippen molar-refractivity contribution >= 4 is 0 Å². The first-order valence-corrected chi connectivity index (χ1v) is 5.96. The van der Waals surface area contributed by atoms with Gasteiger partial charge in [0.25, 0.3) is 0 Å². The molecule has 1 aliphatic carbocycles. The smallest absolute Gasteiger partial charge is 0.0696 e. The Morgan fingerprint density at radius 1 is 0.714 bits per heavy atom. The predicted octanol–water partition coefficient (Wildman–Crippen LogP) is 2.40. The summed E-state index contributed by atoms with van der Waals surface area (Å²) in [6.45, 7) is 9.24. The van der Waals surface area contributed by atoms with Gasteiger partial charge in [0.15, 0.2) is 0 Å². The van der Waals surface area contributed by atoms with Crippen LogP contribution >= 0.6 is 0 Å². The van der Waals surface area contributed by atoms with Gasteiger partial charge >= 0.3 is 0 Å². The molecule has 1 saturated heterocycles. The minimum atomic E-state index is 0.199. The lowest BCUT2D eigenvalue weighted by atomic mass is 9.85. The maximum Gasteiger partial charge on any atom is 0.0696 e. The normalized spacial score (nSPS) is 33.4. The molecule has 1 aliphatic heterocycles. The van der Waals surface area contributed by atoms with E-state index in [0.29, 0.717) is 0 Å². The predicted molar refractivity (Wildman–Crippen MR) is 60.2 cm³/mol. The van der Waals surface area contributed by atoms with Gasteiger partial charge in [-0.3, -0.25) is 10.6 Å². The van der Waals surface area contributed by atoms with Crippen molar-refractivity contribution in [2.45, 2.75) is 76.5 Å². The molecular formula is C12H24N2. The number of nitrogens with one attached hydrogen (secondary N) is 2. The maximum atomic E-state index is 3.82. The summed E-state index contributed by atoms with van der Waals surface area (Å²) in [4.78, 5) is 0. The number of hydrogen-bond acceptors (Lipinski definition) is 2. The van der Waals surface area contributed by atoms with Crippen LogP contribution in [0.4, 0.5) is 0 Å².